The number of alkyl halides is 4. The van der Waals surface area contributed by atoms with Gasteiger partial charge in [-0.1, -0.05) is 6.92 Å². The van der Waals surface area contributed by atoms with Crippen molar-refractivity contribution in [2.75, 3.05) is 0 Å². The molecule has 0 spiro atoms. The highest BCUT2D eigenvalue weighted by Gasteiger charge is 2.30. The quantitative estimate of drug-likeness (QED) is 0.606. The molecule has 0 saturated carbocycles. The molecule has 0 aromatic rings. The summed E-state index contributed by atoms with van der Waals surface area (Å²) in [7, 11) is 0. The van der Waals surface area contributed by atoms with E-state index in [9.17, 15) is 22.0 Å². The minimum Gasteiger partial charge on any atom is -0.212 e. The molecule has 5 heteroatoms. The van der Waals surface area contributed by atoms with Gasteiger partial charge in [0, 0.05) is 19.4 Å². The molecule has 0 N–H and O–H groups in total. The molecule has 0 saturated heterocycles. The Balaban J connectivity index is 4.31. The highest BCUT2D eigenvalue weighted by Crippen LogP contribution is 2.29. The first-order valence-corrected chi connectivity index (χ1v) is 3.79. The summed E-state index contributed by atoms with van der Waals surface area (Å²) in [5.74, 6) is -8.10. The predicted molar refractivity (Wildman–Crippen MR) is 39.7 cm³/mol. The van der Waals surface area contributed by atoms with E-state index in [0.29, 0.717) is 6.92 Å². The third kappa shape index (κ3) is 6.54. The van der Waals surface area contributed by atoms with E-state index in [0.717, 1.165) is 6.92 Å². The van der Waals surface area contributed by atoms with Crippen molar-refractivity contribution in [1.29, 1.82) is 0 Å². The Labute approximate surface area is 73.4 Å². The molecule has 0 aliphatic rings. The lowest BCUT2D eigenvalue weighted by Gasteiger charge is -2.12. The molecule has 0 nitrogen and oxygen atoms in total. The molecule has 78 valence electrons. The molecule has 0 heterocycles. The Morgan fingerprint density at radius 3 is 2.00 bits per heavy atom. The van der Waals surface area contributed by atoms with Crippen molar-refractivity contribution in [2.45, 2.75) is 38.5 Å². The lowest BCUT2D eigenvalue weighted by molar-refractivity contribution is -0.00821. The van der Waals surface area contributed by atoms with Gasteiger partial charge in [-0.15, -0.1) is 0 Å². The summed E-state index contributed by atoms with van der Waals surface area (Å²) in [6.45, 7) is 1.61. The average Bonchev–Trinajstić information content (AvgIpc) is 1.81. The van der Waals surface area contributed by atoms with E-state index in [-0.39, 0.29) is 6.08 Å². The van der Waals surface area contributed by atoms with Gasteiger partial charge in [0.1, 0.15) is 5.83 Å². The molecule has 0 fully saturated rings. The smallest absolute Gasteiger partial charge is 0.212 e. The number of halogens is 5. The maximum absolute atomic E-state index is 12.5. The fraction of sp³-hybridized carbons (Fsp3) is 0.750. The zero-order valence-electron chi connectivity index (χ0n) is 7.38. The van der Waals surface area contributed by atoms with E-state index in [2.05, 4.69) is 0 Å². The SMILES string of the molecule is CCC(F)(F)C/C(F)=C/C(C)(F)F. The molecule has 13 heavy (non-hydrogen) atoms. The van der Waals surface area contributed by atoms with Crippen molar-refractivity contribution in [1.82, 2.24) is 0 Å². The number of rotatable bonds is 4. The third-order valence-corrected chi connectivity index (χ3v) is 1.35. The number of hydrogen-bond acceptors (Lipinski definition) is 0. The Morgan fingerprint density at radius 1 is 1.23 bits per heavy atom. The van der Waals surface area contributed by atoms with Crippen LogP contribution in [0.5, 0.6) is 0 Å². The van der Waals surface area contributed by atoms with E-state index in [1.54, 1.807) is 0 Å². The van der Waals surface area contributed by atoms with Crippen LogP contribution in [0.1, 0.15) is 26.7 Å². The van der Waals surface area contributed by atoms with Gasteiger partial charge in [0.05, 0.1) is 6.42 Å². The molecule has 0 amide bonds. The molecule has 0 aliphatic carbocycles. The maximum atomic E-state index is 12.5. The first-order chi connectivity index (χ1) is 5.66. The molecule has 0 aromatic carbocycles. The molecule has 0 radical (unpaired) electrons. The van der Waals surface area contributed by atoms with E-state index in [4.69, 9.17) is 0 Å². The van der Waals surface area contributed by atoms with Crippen molar-refractivity contribution in [3.8, 4) is 0 Å². The molecule has 0 atom stereocenters. The van der Waals surface area contributed by atoms with Crippen LogP contribution in [0.2, 0.25) is 0 Å². The largest absolute Gasteiger partial charge is 0.266 e. The van der Waals surface area contributed by atoms with E-state index in [1.807, 2.05) is 0 Å². The summed E-state index contributed by atoms with van der Waals surface area (Å²) in [6, 6.07) is 0. The standard InChI is InChI=1S/C8H11F5/c1-3-8(12,13)5-6(9)4-7(2,10)11/h4H,3,5H2,1-2H3/b6-4-. The van der Waals surface area contributed by atoms with Crippen LogP contribution >= 0.6 is 0 Å². The highest BCUT2D eigenvalue weighted by molar-refractivity contribution is 5.01. The van der Waals surface area contributed by atoms with Crippen molar-refractivity contribution in [2.24, 2.45) is 0 Å². The van der Waals surface area contributed by atoms with Crippen LogP contribution in [0.3, 0.4) is 0 Å². The van der Waals surface area contributed by atoms with Gasteiger partial charge < -0.3 is 0 Å². The lowest BCUT2D eigenvalue weighted by Crippen LogP contribution is -2.15. The first-order valence-electron chi connectivity index (χ1n) is 3.79. The van der Waals surface area contributed by atoms with Crippen LogP contribution < -0.4 is 0 Å². The van der Waals surface area contributed by atoms with Crippen molar-refractivity contribution in [3.05, 3.63) is 11.9 Å². The number of hydrogen-bond donors (Lipinski definition) is 0. The van der Waals surface area contributed by atoms with Crippen molar-refractivity contribution in [3.63, 3.8) is 0 Å². The summed E-state index contributed by atoms with van der Waals surface area (Å²) in [5, 5.41) is 0. The van der Waals surface area contributed by atoms with Gasteiger partial charge in [0.2, 0.25) is 0 Å². The molecule has 0 bridgehead atoms. The fourth-order valence-corrected chi connectivity index (χ4v) is 0.698. The van der Waals surface area contributed by atoms with Gasteiger partial charge >= 0.3 is 0 Å². The second-order valence-electron chi connectivity index (χ2n) is 2.93. The Bertz CT molecular complexity index is 189. The minimum absolute atomic E-state index is 0.0867. The Morgan fingerprint density at radius 2 is 1.69 bits per heavy atom. The second-order valence-corrected chi connectivity index (χ2v) is 2.93. The lowest BCUT2D eigenvalue weighted by atomic mass is 10.1. The molecule has 0 aliphatic heterocycles. The predicted octanol–water partition coefficient (Wildman–Crippen LogP) is 3.93. The zero-order valence-corrected chi connectivity index (χ0v) is 7.38. The van der Waals surface area contributed by atoms with Gasteiger partial charge in [-0.3, -0.25) is 0 Å². The summed E-state index contributed by atoms with van der Waals surface area (Å²) >= 11 is 0. The summed E-state index contributed by atoms with van der Waals surface area (Å²) in [5.41, 5.74) is 0. The highest BCUT2D eigenvalue weighted by atomic mass is 19.3. The Kier molecular flexibility index (Phi) is 3.88. The molecule has 0 unspecified atom stereocenters. The zero-order chi connectivity index (χ0) is 10.7. The van der Waals surface area contributed by atoms with Gasteiger partial charge in [-0.2, -0.15) is 0 Å². The third-order valence-electron chi connectivity index (χ3n) is 1.35. The summed E-state index contributed by atoms with van der Waals surface area (Å²) < 4.78 is 61.6. The van der Waals surface area contributed by atoms with Crippen LogP contribution in [0, 0.1) is 0 Å². The second kappa shape index (κ2) is 4.07. The van der Waals surface area contributed by atoms with Gasteiger partial charge in [0.25, 0.3) is 11.8 Å². The van der Waals surface area contributed by atoms with Gasteiger partial charge in [0.15, 0.2) is 0 Å². The van der Waals surface area contributed by atoms with Crippen molar-refractivity contribution < 1.29 is 22.0 Å². The molecule has 0 aromatic heterocycles. The van der Waals surface area contributed by atoms with E-state index in [1.165, 1.54) is 0 Å². The number of allylic oxidation sites excluding steroid dienone is 2. The van der Waals surface area contributed by atoms with Gasteiger partial charge in [-0.05, 0) is 0 Å². The minimum atomic E-state index is -3.38. The van der Waals surface area contributed by atoms with Crippen LogP contribution in [-0.2, 0) is 0 Å². The summed E-state index contributed by atoms with van der Waals surface area (Å²) in [6.07, 6.45) is -1.91. The Hall–Kier alpha value is -0.610. The van der Waals surface area contributed by atoms with Crippen LogP contribution in [0.4, 0.5) is 22.0 Å². The first kappa shape index (κ1) is 12.4. The topological polar surface area (TPSA) is 0 Å². The average molecular weight is 202 g/mol. The van der Waals surface area contributed by atoms with E-state index >= 15 is 0 Å². The van der Waals surface area contributed by atoms with Crippen LogP contribution in [0.25, 0.3) is 0 Å². The normalized spacial score (nSPS) is 14.8. The van der Waals surface area contributed by atoms with E-state index < -0.39 is 30.5 Å². The monoisotopic (exact) mass is 202 g/mol. The summed E-state index contributed by atoms with van der Waals surface area (Å²) in [4.78, 5) is 0. The van der Waals surface area contributed by atoms with Crippen LogP contribution in [-0.4, -0.2) is 11.8 Å². The molecule has 0 rings (SSSR count). The van der Waals surface area contributed by atoms with Gasteiger partial charge in [-0.25, -0.2) is 22.0 Å². The molecular formula is C8H11F5. The van der Waals surface area contributed by atoms with Crippen LogP contribution in [0.15, 0.2) is 11.9 Å². The van der Waals surface area contributed by atoms with Crippen molar-refractivity contribution >= 4 is 0 Å². The maximum Gasteiger partial charge on any atom is 0.266 e. The fourth-order valence-electron chi connectivity index (χ4n) is 0.698. The molecular weight excluding hydrogens is 191 g/mol.